The molecule has 2 atom stereocenters. The molecule has 17 heavy (non-hydrogen) atoms. The zero-order valence-corrected chi connectivity index (χ0v) is 10.5. The standard InChI is InChI=1S/C11H15NO4S/c1-7(9-4-3-5-17-9)12-10(13)6-16-8(2)11(14)15/h3-5,7-8H,6H2,1-2H3,(H,12,13)(H,14,15). The van der Waals surface area contributed by atoms with E-state index in [1.54, 1.807) is 11.3 Å². The van der Waals surface area contributed by atoms with Crippen LogP contribution in [0.5, 0.6) is 0 Å². The molecule has 0 aliphatic carbocycles. The van der Waals surface area contributed by atoms with Gasteiger partial charge in [0.05, 0.1) is 6.04 Å². The summed E-state index contributed by atoms with van der Waals surface area (Å²) in [7, 11) is 0. The van der Waals surface area contributed by atoms with E-state index in [1.807, 2.05) is 24.4 Å². The number of carboxylic acids is 1. The summed E-state index contributed by atoms with van der Waals surface area (Å²) in [4.78, 5) is 23.0. The van der Waals surface area contributed by atoms with Gasteiger partial charge in [-0.25, -0.2) is 4.79 Å². The molecule has 0 spiro atoms. The molecule has 2 unspecified atom stereocenters. The Kier molecular flexibility index (Phi) is 5.11. The van der Waals surface area contributed by atoms with E-state index in [1.165, 1.54) is 6.92 Å². The van der Waals surface area contributed by atoms with E-state index in [2.05, 4.69) is 5.32 Å². The molecule has 6 heteroatoms. The normalized spacial score (nSPS) is 14.0. The van der Waals surface area contributed by atoms with Crippen molar-refractivity contribution in [3.05, 3.63) is 22.4 Å². The molecule has 0 aromatic carbocycles. The maximum absolute atomic E-state index is 11.5. The first-order valence-electron chi connectivity index (χ1n) is 5.18. The van der Waals surface area contributed by atoms with E-state index in [0.29, 0.717) is 0 Å². The predicted molar refractivity (Wildman–Crippen MR) is 63.9 cm³/mol. The highest BCUT2D eigenvalue weighted by Gasteiger charge is 2.15. The minimum Gasteiger partial charge on any atom is -0.479 e. The zero-order valence-electron chi connectivity index (χ0n) is 9.67. The summed E-state index contributed by atoms with van der Waals surface area (Å²) in [6.07, 6.45) is -0.974. The monoisotopic (exact) mass is 257 g/mol. The van der Waals surface area contributed by atoms with Crippen molar-refractivity contribution in [1.82, 2.24) is 5.32 Å². The summed E-state index contributed by atoms with van der Waals surface area (Å²) >= 11 is 1.55. The molecule has 94 valence electrons. The lowest BCUT2D eigenvalue weighted by Gasteiger charge is -2.13. The van der Waals surface area contributed by atoms with E-state index in [9.17, 15) is 9.59 Å². The summed E-state index contributed by atoms with van der Waals surface area (Å²) in [6, 6.07) is 3.74. The first kappa shape index (κ1) is 13.7. The number of carboxylic acid groups (broad SMARTS) is 1. The SMILES string of the molecule is CC(OCC(=O)NC(C)c1cccs1)C(=O)O. The number of ether oxygens (including phenoxy) is 1. The number of rotatable bonds is 6. The van der Waals surface area contributed by atoms with Crippen LogP contribution in [0.2, 0.25) is 0 Å². The lowest BCUT2D eigenvalue weighted by molar-refractivity contribution is -0.150. The molecule has 5 nitrogen and oxygen atoms in total. The Morgan fingerprint density at radius 3 is 2.76 bits per heavy atom. The average Bonchev–Trinajstić information content (AvgIpc) is 2.78. The number of hydrogen-bond acceptors (Lipinski definition) is 4. The number of carbonyl (C=O) groups is 2. The van der Waals surface area contributed by atoms with E-state index in [4.69, 9.17) is 9.84 Å². The van der Waals surface area contributed by atoms with Gasteiger partial charge in [-0.3, -0.25) is 4.79 Å². The van der Waals surface area contributed by atoms with Crippen LogP contribution < -0.4 is 5.32 Å². The summed E-state index contributed by atoms with van der Waals surface area (Å²) in [6.45, 7) is 3.01. The number of nitrogens with one attached hydrogen (secondary N) is 1. The van der Waals surface area contributed by atoms with Gasteiger partial charge in [0.15, 0.2) is 6.10 Å². The van der Waals surface area contributed by atoms with Crippen molar-refractivity contribution in [1.29, 1.82) is 0 Å². The second-order valence-electron chi connectivity index (χ2n) is 3.60. The maximum Gasteiger partial charge on any atom is 0.332 e. The highest BCUT2D eigenvalue weighted by Crippen LogP contribution is 2.17. The molecule has 1 aromatic heterocycles. The molecule has 0 saturated heterocycles. The Balaban J connectivity index is 2.32. The van der Waals surface area contributed by atoms with Crippen LogP contribution >= 0.6 is 11.3 Å². The molecule has 0 radical (unpaired) electrons. The van der Waals surface area contributed by atoms with Gasteiger partial charge in [0, 0.05) is 4.88 Å². The first-order valence-corrected chi connectivity index (χ1v) is 6.06. The van der Waals surface area contributed by atoms with Crippen LogP contribution in [0.3, 0.4) is 0 Å². The molecule has 1 heterocycles. The smallest absolute Gasteiger partial charge is 0.332 e. The molecular weight excluding hydrogens is 242 g/mol. The Morgan fingerprint density at radius 2 is 2.24 bits per heavy atom. The van der Waals surface area contributed by atoms with Crippen LogP contribution in [0.1, 0.15) is 24.8 Å². The van der Waals surface area contributed by atoms with Gasteiger partial charge in [0.1, 0.15) is 6.61 Å². The summed E-state index contributed by atoms with van der Waals surface area (Å²) in [5, 5.41) is 13.2. The molecule has 0 bridgehead atoms. The van der Waals surface area contributed by atoms with Crippen molar-refractivity contribution in [3.8, 4) is 0 Å². The minimum absolute atomic E-state index is 0.0914. The second-order valence-corrected chi connectivity index (χ2v) is 4.58. The molecule has 1 amide bonds. The Hall–Kier alpha value is -1.40. The first-order chi connectivity index (χ1) is 8.00. The molecular formula is C11H15NO4S. The quantitative estimate of drug-likeness (QED) is 0.808. The van der Waals surface area contributed by atoms with Crippen molar-refractivity contribution < 1.29 is 19.4 Å². The van der Waals surface area contributed by atoms with E-state index >= 15 is 0 Å². The van der Waals surface area contributed by atoms with Gasteiger partial charge < -0.3 is 15.2 Å². The minimum atomic E-state index is -1.08. The fourth-order valence-electron chi connectivity index (χ4n) is 1.16. The highest BCUT2D eigenvalue weighted by atomic mass is 32.1. The van der Waals surface area contributed by atoms with Gasteiger partial charge in [0.2, 0.25) is 5.91 Å². The van der Waals surface area contributed by atoms with Crippen molar-refractivity contribution in [2.45, 2.75) is 26.0 Å². The van der Waals surface area contributed by atoms with Crippen LogP contribution in [0.15, 0.2) is 17.5 Å². The van der Waals surface area contributed by atoms with Crippen LogP contribution in [-0.2, 0) is 14.3 Å². The molecule has 1 rings (SSSR count). The number of thiophene rings is 1. The summed E-state index contributed by atoms with van der Waals surface area (Å²) in [5.74, 6) is -1.40. The lowest BCUT2D eigenvalue weighted by Crippen LogP contribution is -2.32. The fraction of sp³-hybridized carbons (Fsp3) is 0.455. The van der Waals surface area contributed by atoms with Gasteiger partial charge in [-0.2, -0.15) is 0 Å². The van der Waals surface area contributed by atoms with Crippen molar-refractivity contribution in [2.75, 3.05) is 6.61 Å². The number of aliphatic carboxylic acids is 1. The number of hydrogen-bond donors (Lipinski definition) is 2. The molecule has 2 N–H and O–H groups in total. The lowest BCUT2D eigenvalue weighted by atomic mass is 10.3. The second kappa shape index (κ2) is 6.36. The predicted octanol–water partition coefficient (Wildman–Crippen LogP) is 1.42. The van der Waals surface area contributed by atoms with Gasteiger partial charge in [-0.15, -0.1) is 11.3 Å². The molecule has 0 aliphatic heterocycles. The molecule has 0 aliphatic rings. The summed E-state index contributed by atoms with van der Waals surface area (Å²) in [5.41, 5.74) is 0. The third-order valence-electron chi connectivity index (χ3n) is 2.16. The Labute approximate surface area is 103 Å². The van der Waals surface area contributed by atoms with Gasteiger partial charge >= 0.3 is 5.97 Å². The van der Waals surface area contributed by atoms with Gasteiger partial charge in [0.25, 0.3) is 0 Å². The molecule has 0 saturated carbocycles. The highest BCUT2D eigenvalue weighted by molar-refractivity contribution is 7.10. The topological polar surface area (TPSA) is 75.6 Å². The molecule has 0 fully saturated rings. The van der Waals surface area contributed by atoms with Crippen LogP contribution in [0.25, 0.3) is 0 Å². The maximum atomic E-state index is 11.5. The van der Waals surface area contributed by atoms with Crippen molar-refractivity contribution in [3.63, 3.8) is 0 Å². The summed E-state index contributed by atoms with van der Waals surface area (Å²) < 4.78 is 4.88. The van der Waals surface area contributed by atoms with Gasteiger partial charge in [-0.1, -0.05) is 6.07 Å². The van der Waals surface area contributed by atoms with E-state index < -0.39 is 12.1 Å². The molecule has 1 aromatic rings. The van der Waals surface area contributed by atoms with E-state index in [0.717, 1.165) is 4.88 Å². The van der Waals surface area contributed by atoms with Crippen LogP contribution in [-0.4, -0.2) is 29.7 Å². The average molecular weight is 257 g/mol. The van der Waals surface area contributed by atoms with Crippen molar-refractivity contribution in [2.24, 2.45) is 0 Å². The Bertz CT molecular complexity index is 377. The largest absolute Gasteiger partial charge is 0.479 e. The third-order valence-corrected chi connectivity index (χ3v) is 3.21. The van der Waals surface area contributed by atoms with Crippen LogP contribution in [0, 0.1) is 0 Å². The van der Waals surface area contributed by atoms with Gasteiger partial charge in [-0.05, 0) is 25.3 Å². The fourth-order valence-corrected chi connectivity index (χ4v) is 1.90. The van der Waals surface area contributed by atoms with E-state index in [-0.39, 0.29) is 18.6 Å². The number of amides is 1. The zero-order chi connectivity index (χ0) is 12.8. The Morgan fingerprint density at radius 1 is 1.53 bits per heavy atom. The van der Waals surface area contributed by atoms with Crippen molar-refractivity contribution >= 4 is 23.2 Å². The van der Waals surface area contributed by atoms with Crippen LogP contribution in [0.4, 0.5) is 0 Å². The third kappa shape index (κ3) is 4.54. The number of carbonyl (C=O) groups excluding carboxylic acids is 1.